The minimum Gasteiger partial charge on any atom is -0.309 e. The molecule has 0 amide bonds. The van der Waals surface area contributed by atoms with Gasteiger partial charge in [-0.2, -0.15) is 0 Å². The van der Waals surface area contributed by atoms with Crippen molar-refractivity contribution in [3.8, 4) is 0 Å². The lowest BCUT2D eigenvalue weighted by Gasteiger charge is -2.20. The second-order valence-electron chi connectivity index (χ2n) is 4.55. The van der Waals surface area contributed by atoms with E-state index in [-0.39, 0.29) is 11.9 Å². The van der Waals surface area contributed by atoms with E-state index in [1.165, 1.54) is 6.07 Å². The fourth-order valence-electron chi connectivity index (χ4n) is 2.14. The number of aryl methyl sites for hydroxylation is 1. The van der Waals surface area contributed by atoms with Crippen LogP contribution in [0.5, 0.6) is 0 Å². The molecule has 0 bridgehead atoms. The predicted octanol–water partition coefficient (Wildman–Crippen LogP) is 5.62. The highest BCUT2D eigenvalue weighted by Crippen LogP contribution is 2.33. The zero-order valence-electron chi connectivity index (χ0n) is 11.0. The number of nitrogens with one attached hydrogen (secondary N) is 1. The molecule has 0 aliphatic rings. The van der Waals surface area contributed by atoms with Crippen LogP contribution in [0.25, 0.3) is 0 Å². The van der Waals surface area contributed by atoms with Crippen molar-refractivity contribution in [3.05, 3.63) is 66.8 Å². The zero-order valence-corrected chi connectivity index (χ0v) is 14.9. The lowest BCUT2D eigenvalue weighted by molar-refractivity contribution is 0.614. The minimum atomic E-state index is -0.288. The molecular formula is C15H13Br2ClFN. The molecule has 20 heavy (non-hydrogen) atoms. The summed E-state index contributed by atoms with van der Waals surface area (Å²) in [4.78, 5) is 0. The van der Waals surface area contributed by atoms with Gasteiger partial charge in [-0.05, 0) is 61.0 Å². The van der Waals surface area contributed by atoms with Crippen LogP contribution in [0.3, 0.4) is 0 Å². The third kappa shape index (κ3) is 3.42. The fourth-order valence-corrected chi connectivity index (χ4v) is 3.73. The van der Waals surface area contributed by atoms with Gasteiger partial charge in [0, 0.05) is 14.0 Å². The highest BCUT2D eigenvalue weighted by molar-refractivity contribution is 9.11. The van der Waals surface area contributed by atoms with E-state index >= 15 is 0 Å². The fraction of sp³-hybridized carbons (Fsp3) is 0.200. The van der Waals surface area contributed by atoms with E-state index in [1.54, 1.807) is 13.0 Å². The van der Waals surface area contributed by atoms with Crippen LogP contribution in [0.2, 0.25) is 5.02 Å². The highest BCUT2D eigenvalue weighted by atomic mass is 79.9. The number of halogens is 4. The van der Waals surface area contributed by atoms with Crippen LogP contribution in [0.1, 0.15) is 22.7 Å². The maximum Gasteiger partial charge on any atom is 0.127 e. The molecule has 0 aliphatic heterocycles. The molecule has 0 spiro atoms. The maximum absolute atomic E-state index is 13.5. The quantitative estimate of drug-likeness (QED) is 0.678. The van der Waals surface area contributed by atoms with Gasteiger partial charge in [0.15, 0.2) is 0 Å². The lowest BCUT2D eigenvalue weighted by atomic mass is 9.97. The van der Waals surface area contributed by atoms with E-state index in [4.69, 9.17) is 11.6 Å². The third-order valence-corrected chi connectivity index (χ3v) is 4.34. The number of rotatable bonds is 3. The molecule has 0 saturated carbocycles. The van der Waals surface area contributed by atoms with Crippen LogP contribution in [-0.4, -0.2) is 7.05 Å². The van der Waals surface area contributed by atoms with Crippen molar-refractivity contribution in [1.82, 2.24) is 5.32 Å². The zero-order chi connectivity index (χ0) is 14.9. The monoisotopic (exact) mass is 419 g/mol. The van der Waals surface area contributed by atoms with Gasteiger partial charge in [-0.15, -0.1) is 0 Å². The van der Waals surface area contributed by atoms with E-state index in [0.29, 0.717) is 10.6 Å². The first-order valence-electron chi connectivity index (χ1n) is 6.01. The molecular weight excluding hydrogens is 408 g/mol. The first kappa shape index (κ1) is 16.0. The van der Waals surface area contributed by atoms with Crippen LogP contribution in [0.4, 0.5) is 4.39 Å². The van der Waals surface area contributed by atoms with Gasteiger partial charge in [-0.3, -0.25) is 0 Å². The summed E-state index contributed by atoms with van der Waals surface area (Å²) in [7, 11) is 1.86. The molecule has 5 heteroatoms. The average molecular weight is 422 g/mol. The Hall–Kier alpha value is -0.420. The summed E-state index contributed by atoms with van der Waals surface area (Å²) in [5.41, 5.74) is 2.48. The molecule has 0 aromatic heterocycles. The van der Waals surface area contributed by atoms with E-state index in [0.717, 1.165) is 20.1 Å². The maximum atomic E-state index is 13.5. The molecule has 1 atom stereocenters. The van der Waals surface area contributed by atoms with Gasteiger partial charge < -0.3 is 5.32 Å². The second kappa shape index (κ2) is 6.56. The molecule has 0 saturated heterocycles. The van der Waals surface area contributed by atoms with Crippen molar-refractivity contribution >= 4 is 43.5 Å². The topological polar surface area (TPSA) is 12.0 Å². The Kier molecular flexibility index (Phi) is 5.24. The van der Waals surface area contributed by atoms with Crippen molar-refractivity contribution in [2.45, 2.75) is 13.0 Å². The molecule has 0 aliphatic carbocycles. The van der Waals surface area contributed by atoms with Crippen LogP contribution in [-0.2, 0) is 0 Å². The number of hydrogen-bond acceptors (Lipinski definition) is 1. The Morgan fingerprint density at radius 2 is 1.70 bits per heavy atom. The first-order chi connectivity index (χ1) is 9.42. The van der Waals surface area contributed by atoms with Crippen molar-refractivity contribution in [2.24, 2.45) is 0 Å². The van der Waals surface area contributed by atoms with Gasteiger partial charge in [0.05, 0.1) is 6.04 Å². The predicted molar refractivity (Wildman–Crippen MR) is 88.9 cm³/mol. The summed E-state index contributed by atoms with van der Waals surface area (Å²) < 4.78 is 15.5. The van der Waals surface area contributed by atoms with Crippen LogP contribution >= 0.6 is 43.5 Å². The van der Waals surface area contributed by atoms with Crippen LogP contribution < -0.4 is 5.32 Å². The molecule has 1 unspecified atom stereocenters. The van der Waals surface area contributed by atoms with E-state index in [9.17, 15) is 4.39 Å². The summed E-state index contributed by atoms with van der Waals surface area (Å²) in [6.45, 7) is 1.73. The number of hydrogen-bond donors (Lipinski definition) is 1. The summed E-state index contributed by atoms with van der Waals surface area (Å²) in [5.74, 6) is -0.288. The summed E-state index contributed by atoms with van der Waals surface area (Å²) >= 11 is 13.2. The van der Waals surface area contributed by atoms with Crippen LogP contribution in [0, 0.1) is 12.7 Å². The normalized spacial score (nSPS) is 12.5. The van der Waals surface area contributed by atoms with Crippen molar-refractivity contribution < 1.29 is 4.39 Å². The van der Waals surface area contributed by atoms with E-state index < -0.39 is 0 Å². The van der Waals surface area contributed by atoms with Crippen molar-refractivity contribution in [3.63, 3.8) is 0 Å². The number of benzene rings is 2. The first-order valence-corrected chi connectivity index (χ1v) is 7.97. The molecule has 1 nitrogen and oxygen atoms in total. The molecule has 0 fully saturated rings. The Morgan fingerprint density at radius 3 is 2.25 bits per heavy atom. The molecule has 2 aromatic carbocycles. The molecule has 2 aromatic rings. The molecule has 0 heterocycles. The highest BCUT2D eigenvalue weighted by Gasteiger charge is 2.18. The van der Waals surface area contributed by atoms with Gasteiger partial charge in [0.1, 0.15) is 5.82 Å². The summed E-state index contributed by atoms with van der Waals surface area (Å²) in [6, 6.07) is 9.04. The molecule has 0 radical (unpaired) electrons. The van der Waals surface area contributed by atoms with Crippen molar-refractivity contribution in [1.29, 1.82) is 0 Å². The van der Waals surface area contributed by atoms with Gasteiger partial charge in [-0.25, -0.2) is 4.39 Å². The van der Waals surface area contributed by atoms with E-state index in [2.05, 4.69) is 37.2 Å². The Balaban J connectivity index is 2.55. The second-order valence-corrected chi connectivity index (χ2v) is 6.79. The van der Waals surface area contributed by atoms with E-state index in [1.807, 2.05) is 25.2 Å². The Labute approximate surface area is 139 Å². The van der Waals surface area contributed by atoms with Gasteiger partial charge in [0.2, 0.25) is 0 Å². The smallest absolute Gasteiger partial charge is 0.127 e. The SMILES string of the molecule is CNC(c1cc(Br)cc(Br)c1)c1cc(C)c(F)cc1Cl. The Morgan fingerprint density at radius 1 is 1.10 bits per heavy atom. The molecule has 106 valence electrons. The summed E-state index contributed by atoms with van der Waals surface area (Å²) in [6.07, 6.45) is 0. The lowest BCUT2D eigenvalue weighted by Crippen LogP contribution is -2.18. The minimum absolute atomic E-state index is 0.101. The average Bonchev–Trinajstić information content (AvgIpc) is 2.35. The Bertz CT molecular complexity index is 626. The molecule has 1 N–H and O–H groups in total. The van der Waals surface area contributed by atoms with Crippen molar-refractivity contribution in [2.75, 3.05) is 7.05 Å². The summed E-state index contributed by atoms with van der Waals surface area (Å²) in [5, 5.41) is 3.65. The van der Waals surface area contributed by atoms with Gasteiger partial charge in [-0.1, -0.05) is 43.5 Å². The molecule has 2 rings (SSSR count). The third-order valence-electron chi connectivity index (χ3n) is 3.10. The largest absolute Gasteiger partial charge is 0.309 e. The van der Waals surface area contributed by atoms with Gasteiger partial charge >= 0.3 is 0 Å². The van der Waals surface area contributed by atoms with Gasteiger partial charge in [0.25, 0.3) is 0 Å². The van der Waals surface area contributed by atoms with Crippen LogP contribution in [0.15, 0.2) is 39.3 Å². The standard InChI is InChI=1S/C15H13Br2ClFN/c1-8-3-12(13(18)7-14(8)19)15(20-2)9-4-10(16)6-11(17)5-9/h3-7,15,20H,1-2H3.